The number of quaternary nitrogens is 1. The highest BCUT2D eigenvalue weighted by Crippen LogP contribution is 2.38. The quantitative estimate of drug-likeness (QED) is 0.184. The van der Waals surface area contributed by atoms with Crippen LogP contribution in [0.5, 0.6) is 0 Å². The molecule has 0 radical (unpaired) electrons. The van der Waals surface area contributed by atoms with Crippen LogP contribution in [0.4, 0.5) is 0 Å². The number of hydrogen-bond donors (Lipinski definition) is 0. The molecule has 25 heavy (non-hydrogen) atoms. The molecule has 0 aliphatic heterocycles. The number of carbonyl (C=O) groups is 1. The van der Waals surface area contributed by atoms with Crippen LogP contribution < -0.4 is 4.89 Å². The van der Waals surface area contributed by atoms with Gasteiger partial charge < -0.3 is 27.9 Å². The van der Waals surface area contributed by atoms with Crippen molar-refractivity contribution in [2.75, 3.05) is 54.1 Å². The summed E-state index contributed by atoms with van der Waals surface area (Å²) in [6, 6.07) is 0. The molecule has 9 heteroatoms. The maximum Gasteiger partial charge on any atom is 0.303 e. The summed E-state index contributed by atoms with van der Waals surface area (Å²) in [7, 11) is 1.34. The molecular weight excluding hydrogens is 349 g/mol. The minimum absolute atomic E-state index is 0.0242. The molecule has 0 amide bonds. The first-order valence-electron chi connectivity index (χ1n) is 8.71. The van der Waals surface area contributed by atoms with E-state index in [-0.39, 0.29) is 19.8 Å². The second kappa shape index (κ2) is 12.8. The number of carbonyl (C=O) groups excluding carboxylic acids is 1. The lowest BCUT2D eigenvalue weighted by Crippen LogP contribution is -2.37. The Bertz CT molecular complexity index is 412. The van der Waals surface area contributed by atoms with Crippen molar-refractivity contribution in [2.24, 2.45) is 0 Å². The van der Waals surface area contributed by atoms with Gasteiger partial charge in [-0.05, 0) is 6.42 Å². The molecule has 0 saturated heterocycles. The number of hydrogen-bond acceptors (Lipinski definition) is 7. The minimum Gasteiger partial charge on any atom is -0.756 e. The molecule has 0 aliphatic rings. The van der Waals surface area contributed by atoms with Gasteiger partial charge in [0, 0.05) is 13.5 Å². The second-order valence-corrected chi connectivity index (χ2v) is 8.37. The van der Waals surface area contributed by atoms with E-state index >= 15 is 0 Å². The monoisotopic (exact) mass is 383 g/mol. The van der Waals surface area contributed by atoms with Gasteiger partial charge in [0.05, 0.1) is 34.4 Å². The third-order valence-corrected chi connectivity index (χ3v) is 4.17. The van der Waals surface area contributed by atoms with Gasteiger partial charge in [-0.2, -0.15) is 0 Å². The van der Waals surface area contributed by atoms with Crippen LogP contribution in [0.15, 0.2) is 0 Å². The van der Waals surface area contributed by atoms with Gasteiger partial charge >= 0.3 is 5.97 Å². The maximum absolute atomic E-state index is 11.7. The zero-order valence-electron chi connectivity index (χ0n) is 16.2. The number of unbranched alkanes of at least 4 members (excludes halogenated alkanes) is 3. The van der Waals surface area contributed by atoms with Crippen LogP contribution in [0, 0.1) is 0 Å². The lowest BCUT2D eigenvalue weighted by atomic mass is 10.2. The van der Waals surface area contributed by atoms with Gasteiger partial charge in [0.25, 0.3) is 7.82 Å². The van der Waals surface area contributed by atoms with E-state index in [9.17, 15) is 14.3 Å². The Morgan fingerprint density at radius 1 is 1.08 bits per heavy atom. The van der Waals surface area contributed by atoms with E-state index in [1.165, 1.54) is 6.92 Å². The molecule has 0 spiro atoms. The third kappa shape index (κ3) is 16.7. The van der Waals surface area contributed by atoms with Crippen LogP contribution >= 0.6 is 7.82 Å². The first-order valence-corrected chi connectivity index (χ1v) is 10.2. The van der Waals surface area contributed by atoms with Crippen molar-refractivity contribution >= 4 is 13.8 Å². The summed E-state index contributed by atoms with van der Waals surface area (Å²) < 4.78 is 32.4. The molecule has 8 nitrogen and oxygen atoms in total. The molecular formula is C16H34NO7P. The summed E-state index contributed by atoms with van der Waals surface area (Å²) >= 11 is 0. The van der Waals surface area contributed by atoms with Crippen LogP contribution in [-0.2, 0) is 27.9 Å². The zero-order chi connectivity index (χ0) is 19.3. The molecule has 0 N–H and O–H groups in total. The molecule has 0 bridgehead atoms. The summed E-state index contributed by atoms with van der Waals surface area (Å²) in [6.07, 6.45) is 3.48. The highest BCUT2D eigenvalue weighted by atomic mass is 31.2. The van der Waals surface area contributed by atoms with Crippen molar-refractivity contribution in [3.05, 3.63) is 0 Å². The lowest BCUT2D eigenvalue weighted by molar-refractivity contribution is -0.870. The number of likely N-dealkylation sites (N-methyl/N-ethyl adjacent to an activating group) is 1. The number of esters is 1. The van der Waals surface area contributed by atoms with Gasteiger partial charge in [-0.15, -0.1) is 0 Å². The van der Waals surface area contributed by atoms with Crippen molar-refractivity contribution in [1.82, 2.24) is 0 Å². The van der Waals surface area contributed by atoms with Crippen molar-refractivity contribution in [1.29, 1.82) is 0 Å². The molecule has 2 atom stereocenters. The first kappa shape index (κ1) is 24.5. The van der Waals surface area contributed by atoms with Crippen LogP contribution in [0.2, 0.25) is 0 Å². The van der Waals surface area contributed by atoms with Crippen molar-refractivity contribution < 1.29 is 37.3 Å². The predicted octanol–water partition coefficient (Wildman–Crippen LogP) is 1.72. The Morgan fingerprint density at radius 2 is 1.76 bits per heavy atom. The Kier molecular flexibility index (Phi) is 12.5. The average molecular weight is 383 g/mol. The standard InChI is InChI=1S/C16H34NO7P/c1-6-7-8-9-11-21-13-16(24-15(2)18)14-23-25(19,20)22-12-10-17(3,4)5/h16H,6-14H2,1-5H3. The molecule has 0 aromatic carbocycles. The van der Waals surface area contributed by atoms with Gasteiger partial charge in [0.15, 0.2) is 0 Å². The van der Waals surface area contributed by atoms with Crippen LogP contribution in [0.1, 0.15) is 39.5 Å². The predicted molar refractivity (Wildman–Crippen MR) is 92.9 cm³/mol. The molecule has 0 saturated carbocycles. The van der Waals surface area contributed by atoms with E-state index < -0.39 is 19.9 Å². The Labute approximate surface area is 151 Å². The number of ether oxygens (including phenoxy) is 2. The van der Waals surface area contributed by atoms with Crippen LogP contribution in [0.3, 0.4) is 0 Å². The summed E-state index contributed by atoms with van der Waals surface area (Å²) in [6.45, 7) is 4.22. The molecule has 0 aromatic heterocycles. The Morgan fingerprint density at radius 3 is 2.32 bits per heavy atom. The fraction of sp³-hybridized carbons (Fsp3) is 0.938. The van der Waals surface area contributed by atoms with Gasteiger partial charge in [-0.25, -0.2) is 0 Å². The summed E-state index contributed by atoms with van der Waals surface area (Å²) in [5, 5.41) is 0. The van der Waals surface area contributed by atoms with E-state index in [1.54, 1.807) is 0 Å². The molecule has 0 heterocycles. The topological polar surface area (TPSA) is 94.1 Å². The van der Waals surface area contributed by atoms with E-state index in [0.29, 0.717) is 17.6 Å². The van der Waals surface area contributed by atoms with Crippen molar-refractivity contribution in [3.8, 4) is 0 Å². The smallest absolute Gasteiger partial charge is 0.303 e. The van der Waals surface area contributed by atoms with Crippen molar-refractivity contribution in [2.45, 2.75) is 45.6 Å². The molecule has 0 rings (SSSR count). The van der Waals surface area contributed by atoms with Gasteiger partial charge in [0.1, 0.15) is 19.3 Å². The largest absolute Gasteiger partial charge is 0.756 e. The highest BCUT2D eigenvalue weighted by molar-refractivity contribution is 7.45. The number of nitrogens with zero attached hydrogens (tertiary/aromatic N) is 1. The zero-order valence-corrected chi connectivity index (χ0v) is 17.1. The average Bonchev–Trinajstić information content (AvgIpc) is 2.46. The highest BCUT2D eigenvalue weighted by Gasteiger charge is 2.19. The molecule has 150 valence electrons. The maximum atomic E-state index is 11.7. The van der Waals surface area contributed by atoms with Crippen LogP contribution in [0.25, 0.3) is 0 Å². The Hall–Kier alpha value is -0.500. The molecule has 0 aromatic rings. The Balaban J connectivity index is 4.18. The number of phosphoric ester groups is 1. The summed E-state index contributed by atoms with van der Waals surface area (Å²) in [5.74, 6) is -0.519. The molecule has 2 unspecified atom stereocenters. The fourth-order valence-electron chi connectivity index (χ4n) is 1.83. The van der Waals surface area contributed by atoms with E-state index in [0.717, 1.165) is 25.7 Å². The normalized spacial score (nSPS) is 15.6. The van der Waals surface area contributed by atoms with Gasteiger partial charge in [-0.3, -0.25) is 9.36 Å². The SMILES string of the molecule is CCCCCCOCC(COP(=O)([O-])OCC[N+](C)(C)C)OC(C)=O. The van der Waals surface area contributed by atoms with Crippen molar-refractivity contribution in [3.63, 3.8) is 0 Å². The minimum atomic E-state index is -4.44. The summed E-state index contributed by atoms with van der Waals surface area (Å²) in [4.78, 5) is 22.9. The fourth-order valence-corrected chi connectivity index (χ4v) is 2.56. The van der Waals surface area contributed by atoms with Gasteiger partial charge in [-0.1, -0.05) is 26.2 Å². The summed E-state index contributed by atoms with van der Waals surface area (Å²) in [5.41, 5.74) is 0. The number of rotatable bonds is 15. The van der Waals surface area contributed by atoms with E-state index in [4.69, 9.17) is 18.5 Å². The second-order valence-electron chi connectivity index (χ2n) is 6.96. The van der Waals surface area contributed by atoms with Crippen LogP contribution in [-0.4, -0.2) is 70.7 Å². The van der Waals surface area contributed by atoms with E-state index in [2.05, 4.69) is 6.92 Å². The van der Waals surface area contributed by atoms with Gasteiger partial charge in [0.2, 0.25) is 0 Å². The third-order valence-electron chi connectivity index (χ3n) is 3.21. The number of phosphoric acid groups is 1. The first-order chi connectivity index (χ1) is 11.6. The molecule has 0 fully saturated rings. The molecule has 0 aliphatic carbocycles. The lowest BCUT2D eigenvalue weighted by Gasteiger charge is -2.28. The van der Waals surface area contributed by atoms with E-state index in [1.807, 2.05) is 21.1 Å².